The third-order valence-corrected chi connectivity index (χ3v) is 6.05. The van der Waals surface area contributed by atoms with Crippen LogP contribution in [0.25, 0.3) is 0 Å². The summed E-state index contributed by atoms with van der Waals surface area (Å²) < 4.78 is 16.8. The van der Waals surface area contributed by atoms with Crippen LogP contribution >= 0.6 is 23.2 Å². The number of carbonyl (C=O) groups is 2. The molecule has 206 valence electrons. The van der Waals surface area contributed by atoms with Gasteiger partial charge in [-0.25, -0.2) is 5.43 Å². The number of ether oxygens (including phenoxy) is 3. The minimum absolute atomic E-state index is 0.250. The average molecular weight is 572 g/mol. The van der Waals surface area contributed by atoms with Crippen molar-refractivity contribution in [3.8, 4) is 17.2 Å². The Kier molecular flexibility index (Phi) is 11.5. The van der Waals surface area contributed by atoms with Crippen molar-refractivity contribution in [2.45, 2.75) is 38.8 Å². The molecule has 0 aliphatic rings. The van der Waals surface area contributed by atoms with Crippen molar-refractivity contribution in [2.24, 2.45) is 5.10 Å². The van der Waals surface area contributed by atoms with Crippen molar-refractivity contribution in [3.63, 3.8) is 0 Å². The topological polar surface area (TPSA) is 98.2 Å². The predicted octanol–water partition coefficient (Wildman–Crippen LogP) is 5.44. The highest BCUT2D eigenvalue weighted by Crippen LogP contribution is 2.29. The number of halogens is 2. The Labute approximate surface area is 238 Å². The molecule has 2 atom stereocenters. The number of hydrogen-bond acceptors (Lipinski definition) is 6. The van der Waals surface area contributed by atoms with Gasteiger partial charge in [0.2, 0.25) is 0 Å². The van der Waals surface area contributed by atoms with Crippen LogP contribution in [-0.2, 0) is 16.0 Å². The molecule has 2 amide bonds. The Bertz CT molecular complexity index is 1290. The van der Waals surface area contributed by atoms with Crippen LogP contribution in [0.5, 0.6) is 17.2 Å². The third kappa shape index (κ3) is 9.19. The lowest BCUT2D eigenvalue weighted by Crippen LogP contribution is -2.50. The summed E-state index contributed by atoms with van der Waals surface area (Å²) in [6, 6.07) is 18.5. The molecule has 0 aliphatic carbocycles. The fraction of sp³-hybridized carbons (Fsp3) is 0.276. The van der Waals surface area contributed by atoms with E-state index in [9.17, 15) is 9.59 Å². The van der Waals surface area contributed by atoms with E-state index in [1.54, 1.807) is 44.4 Å². The monoisotopic (exact) mass is 571 g/mol. The van der Waals surface area contributed by atoms with Gasteiger partial charge in [0.15, 0.2) is 17.6 Å². The lowest BCUT2D eigenvalue weighted by Gasteiger charge is -2.21. The van der Waals surface area contributed by atoms with E-state index in [1.807, 2.05) is 37.3 Å². The summed E-state index contributed by atoms with van der Waals surface area (Å²) in [5, 5.41) is 7.55. The molecule has 0 saturated carbocycles. The first-order valence-corrected chi connectivity index (χ1v) is 13.2. The van der Waals surface area contributed by atoms with Gasteiger partial charge >= 0.3 is 0 Å². The van der Waals surface area contributed by atoms with Crippen LogP contribution in [0.3, 0.4) is 0 Å². The Hall–Kier alpha value is -3.75. The highest BCUT2D eigenvalue weighted by atomic mass is 35.5. The number of methoxy groups -OCH3 is 1. The standard InChI is InChI=1S/C29H31Cl2N3O5/c1-4-14-38-26-12-10-21(16-27(26)37-3)18-32-34-29(36)24(15-20-8-6-5-7-9-20)33-28(35)19(2)39-25-13-11-22(30)17-23(25)31/h5-13,16-19,24H,4,14-15H2,1-3H3,(H,33,35)(H,34,36)/b32-18-/t19-,24-/m1/s1. The zero-order valence-electron chi connectivity index (χ0n) is 21.9. The van der Waals surface area contributed by atoms with Crippen molar-refractivity contribution < 1.29 is 23.8 Å². The lowest BCUT2D eigenvalue weighted by molar-refractivity contribution is -0.132. The first kappa shape index (κ1) is 29.8. The molecule has 39 heavy (non-hydrogen) atoms. The molecule has 0 unspecified atom stereocenters. The SMILES string of the molecule is CCCOc1ccc(/C=N\NC(=O)[C@@H](Cc2ccccc2)NC(=O)[C@@H](C)Oc2ccc(Cl)cc2Cl)cc1OC. The fourth-order valence-electron chi connectivity index (χ4n) is 3.51. The first-order valence-electron chi connectivity index (χ1n) is 12.4. The molecule has 3 aromatic carbocycles. The molecule has 0 heterocycles. The maximum atomic E-state index is 13.1. The van der Waals surface area contributed by atoms with Gasteiger partial charge in [-0.2, -0.15) is 5.10 Å². The van der Waals surface area contributed by atoms with Crippen LogP contribution in [0, 0.1) is 0 Å². The number of benzene rings is 3. The second kappa shape index (κ2) is 15.0. The Balaban J connectivity index is 1.68. The number of nitrogens with zero attached hydrogens (tertiary/aromatic N) is 1. The van der Waals surface area contributed by atoms with Gasteiger partial charge in [-0.1, -0.05) is 60.5 Å². The number of rotatable bonds is 13. The smallest absolute Gasteiger partial charge is 0.262 e. The summed E-state index contributed by atoms with van der Waals surface area (Å²) in [7, 11) is 1.55. The number of carbonyl (C=O) groups excluding carboxylic acids is 2. The molecule has 0 saturated heterocycles. The average Bonchev–Trinajstić information content (AvgIpc) is 2.93. The van der Waals surface area contributed by atoms with Crippen molar-refractivity contribution >= 4 is 41.2 Å². The molecule has 0 radical (unpaired) electrons. The highest BCUT2D eigenvalue weighted by Gasteiger charge is 2.25. The molecule has 0 aliphatic heterocycles. The largest absolute Gasteiger partial charge is 0.493 e. The summed E-state index contributed by atoms with van der Waals surface area (Å²) in [6.45, 7) is 4.16. The van der Waals surface area contributed by atoms with E-state index in [0.29, 0.717) is 34.4 Å². The number of nitrogens with one attached hydrogen (secondary N) is 2. The van der Waals surface area contributed by atoms with Crippen LogP contribution < -0.4 is 25.0 Å². The Morgan fingerprint density at radius 1 is 0.974 bits per heavy atom. The summed E-state index contributed by atoms with van der Waals surface area (Å²) in [6.07, 6.45) is 1.68. The maximum Gasteiger partial charge on any atom is 0.262 e. The highest BCUT2D eigenvalue weighted by molar-refractivity contribution is 6.35. The molecule has 0 bridgehead atoms. The zero-order valence-corrected chi connectivity index (χ0v) is 23.5. The van der Waals surface area contributed by atoms with Crippen LogP contribution in [0.2, 0.25) is 10.0 Å². The molecule has 3 aromatic rings. The summed E-state index contributed by atoms with van der Waals surface area (Å²) in [5.74, 6) is 0.507. The van der Waals surface area contributed by atoms with Crippen LogP contribution in [0.4, 0.5) is 0 Å². The van der Waals surface area contributed by atoms with Gasteiger partial charge in [0, 0.05) is 11.4 Å². The van der Waals surface area contributed by atoms with Crippen molar-refractivity contribution in [2.75, 3.05) is 13.7 Å². The normalized spacial score (nSPS) is 12.4. The maximum absolute atomic E-state index is 13.1. The van der Waals surface area contributed by atoms with Gasteiger partial charge in [0.1, 0.15) is 11.8 Å². The number of amides is 2. The molecule has 8 nitrogen and oxygen atoms in total. The quantitative estimate of drug-likeness (QED) is 0.210. The van der Waals surface area contributed by atoms with Gasteiger partial charge < -0.3 is 19.5 Å². The van der Waals surface area contributed by atoms with Gasteiger partial charge in [-0.05, 0) is 60.9 Å². The van der Waals surface area contributed by atoms with Gasteiger partial charge in [-0.15, -0.1) is 0 Å². The van der Waals surface area contributed by atoms with E-state index >= 15 is 0 Å². The van der Waals surface area contributed by atoms with E-state index in [2.05, 4.69) is 15.8 Å². The molecule has 10 heteroatoms. The number of hydrazone groups is 1. The Morgan fingerprint density at radius 2 is 1.72 bits per heavy atom. The summed E-state index contributed by atoms with van der Waals surface area (Å²) in [4.78, 5) is 26.0. The van der Waals surface area contributed by atoms with Gasteiger partial charge in [0.05, 0.1) is 25.0 Å². The number of hydrogen-bond donors (Lipinski definition) is 2. The molecule has 0 aromatic heterocycles. The third-order valence-electron chi connectivity index (χ3n) is 5.52. The van der Waals surface area contributed by atoms with Gasteiger partial charge in [-0.3, -0.25) is 9.59 Å². The predicted molar refractivity (Wildman–Crippen MR) is 153 cm³/mol. The molecule has 0 fully saturated rings. The van der Waals surface area contributed by atoms with E-state index in [1.165, 1.54) is 12.3 Å². The molecule has 3 rings (SSSR count). The van der Waals surface area contributed by atoms with Crippen molar-refractivity contribution in [1.82, 2.24) is 10.7 Å². The second-order valence-electron chi connectivity index (χ2n) is 8.58. The second-order valence-corrected chi connectivity index (χ2v) is 9.42. The zero-order chi connectivity index (χ0) is 28.2. The minimum atomic E-state index is -0.931. The fourth-order valence-corrected chi connectivity index (χ4v) is 3.96. The lowest BCUT2D eigenvalue weighted by atomic mass is 10.1. The van der Waals surface area contributed by atoms with E-state index in [-0.39, 0.29) is 11.4 Å². The first-order chi connectivity index (χ1) is 18.8. The molecule has 2 N–H and O–H groups in total. The summed E-state index contributed by atoms with van der Waals surface area (Å²) in [5.41, 5.74) is 4.07. The molecule has 0 spiro atoms. The molecular weight excluding hydrogens is 541 g/mol. The van der Waals surface area contributed by atoms with E-state index < -0.39 is 24.0 Å². The molecular formula is C29H31Cl2N3O5. The minimum Gasteiger partial charge on any atom is -0.493 e. The van der Waals surface area contributed by atoms with E-state index in [4.69, 9.17) is 37.4 Å². The van der Waals surface area contributed by atoms with Crippen LogP contribution in [-0.4, -0.2) is 43.9 Å². The van der Waals surface area contributed by atoms with Gasteiger partial charge in [0.25, 0.3) is 11.8 Å². The van der Waals surface area contributed by atoms with E-state index in [0.717, 1.165) is 12.0 Å². The Morgan fingerprint density at radius 3 is 2.41 bits per heavy atom. The summed E-state index contributed by atoms with van der Waals surface area (Å²) >= 11 is 12.1. The van der Waals surface area contributed by atoms with Crippen molar-refractivity contribution in [3.05, 3.63) is 87.9 Å². The van der Waals surface area contributed by atoms with Crippen LogP contribution in [0.1, 0.15) is 31.4 Å². The van der Waals surface area contributed by atoms with Crippen LogP contribution in [0.15, 0.2) is 71.8 Å². The van der Waals surface area contributed by atoms with Crippen molar-refractivity contribution in [1.29, 1.82) is 0 Å².